The summed E-state index contributed by atoms with van der Waals surface area (Å²) in [6.45, 7) is 1.97. The van der Waals surface area contributed by atoms with Gasteiger partial charge in [0.2, 0.25) is 0 Å². The minimum Gasteiger partial charge on any atom is -0.313 e. The van der Waals surface area contributed by atoms with Crippen LogP contribution < -0.4 is 5.32 Å². The molecule has 1 aliphatic carbocycles. The Labute approximate surface area is 117 Å². The lowest BCUT2D eigenvalue weighted by molar-refractivity contribution is 0.477. The molecule has 0 atom stereocenters. The first-order chi connectivity index (χ1) is 8.25. The summed E-state index contributed by atoms with van der Waals surface area (Å²) in [5.74, 6) is 0.959. The zero-order chi connectivity index (χ0) is 12.1. The van der Waals surface area contributed by atoms with Gasteiger partial charge in [0.1, 0.15) is 0 Å². The van der Waals surface area contributed by atoms with Gasteiger partial charge in [0.25, 0.3) is 0 Å². The Morgan fingerprint density at radius 2 is 2.06 bits per heavy atom. The van der Waals surface area contributed by atoms with Crippen LogP contribution in [0.25, 0.3) is 0 Å². The number of hydrogen-bond donors (Lipinski definition) is 1. The average Bonchev–Trinajstić information content (AvgIpc) is 2.82. The van der Waals surface area contributed by atoms with E-state index < -0.39 is 0 Å². The van der Waals surface area contributed by atoms with Gasteiger partial charge in [0, 0.05) is 16.0 Å². The monoisotopic (exact) mass is 315 g/mol. The largest absolute Gasteiger partial charge is 0.313 e. The van der Waals surface area contributed by atoms with Crippen molar-refractivity contribution in [1.82, 2.24) is 5.32 Å². The Kier molecular flexibility index (Phi) is 5.33. The first kappa shape index (κ1) is 13.4. The summed E-state index contributed by atoms with van der Waals surface area (Å²) in [6, 6.07) is 6.01. The van der Waals surface area contributed by atoms with Crippen LogP contribution in [0.15, 0.2) is 22.7 Å². The molecule has 1 aromatic carbocycles. The highest BCUT2D eigenvalue weighted by Crippen LogP contribution is 2.27. The minimum absolute atomic E-state index is 0.849. The van der Waals surface area contributed by atoms with Gasteiger partial charge in [-0.25, -0.2) is 0 Å². The number of benzene rings is 1. The van der Waals surface area contributed by atoms with Crippen LogP contribution in [-0.4, -0.2) is 6.54 Å². The molecular formula is C14H19BrClN. The molecule has 17 heavy (non-hydrogen) atoms. The molecule has 0 bridgehead atoms. The Hall–Kier alpha value is -0.0500. The van der Waals surface area contributed by atoms with Crippen LogP contribution in [0.3, 0.4) is 0 Å². The zero-order valence-electron chi connectivity index (χ0n) is 10.0. The van der Waals surface area contributed by atoms with Crippen LogP contribution in [-0.2, 0) is 6.54 Å². The molecule has 1 saturated carbocycles. The van der Waals surface area contributed by atoms with Gasteiger partial charge in [-0.3, -0.25) is 0 Å². The Balaban J connectivity index is 1.72. The summed E-state index contributed by atoms with van der Waals surface area (Å²) in [5.41, 5.74) is 1.17. The molecule has 0 aromatic heterocycles. The number of hydrogen-bond acceptors (Lipinski definition) is 1. The molecule has 1 fully saturated rings. The van der Waals surface area contributed by atoms with Crippen molar-refractivity contribution in [1.29, 1.82) is 0 Å². The van der Waals surface area contributed by atoms with Gasteiger partial charge in [-0.15, -0.1) is 0 Å². The van der Waals surface area contributed by atoms with Crippen LogP contribution in [0.2, 0.25) is 5.02 Å². The predicted molar refractivity (Wildman–Crippen MR) is 77.4 cm³/mol. The lowest BCUT2D eigenvalue weighted by atomic mass is 10.0. The average molecular weight is 317 g/mol. The van der Waals surface area contributed by atoms with E-state index in [1.54, 1.807) is 0 Å². The van der Waals surface area contributed by atoms with Crippen molar-refractivity contribution in [3.05, 3.63) is 33.3 Å². The van der Waals surface area contributed by atoms with E-state index in [9.17, 15) is 0 Å². The molecule has 2 rings (SSSR count). The highest BCUT2D eigenvalue weighted by Gasteiger charge is 2.13. The zero-order valence-corrected chi connectivity index (χ0v) is 12.4. The highest BCUT2D eigenvalue weighted by atomic mass is 79.9. The fraction of sp³-hybridized carbons (Fsp3) is 0.571. The molecule has 0 spiro atoms. The topological polar surface area (TPSA) is 12.0 Å². The van der Waals surface area contributed by atoms with Gasteiger partial charge < -0.3 is 5.32 Å². The van der Waals surface area contributed by atoms with Crippen LogP contribution >= 0.6 is 27.5 Å². The van der Waals surface area contributed by atoms with Crippen LogP contribution in [0.5, 0.6) is 0 Å². The van der Waals surface area contributed by atoms with Crippen molar-refractivity contribution in [3.8, 4) is 0 Å². The van der Waals surface area contributed by atoms with Crippen LogP contribution in [0.4, 0.5) is 0 Å². The van der Waals surface area contributed by atoms with Crippen molar-refractivity contribution >= 4 is 27.5 Å². The Morgan fingerprint density at radius 3 is 2.82 bits per heavy atom. The van der Waals surface area contributed by atoms with E-state index in [1.807, 2.05) is 12.1 Å². The summed E-state index contributed by atoms with van der Waals surface area (Å²) in [7, 11) is 0. The third kappa shape index (κ3) is 4.27. The second-order valence-electron chi connectivity index (χ2n) is 4.85. The molecule has 0 saturated heterocycles. The summed E-state index contributed by atoms with van der Waals surface area (Å²) in [5, 5.41) is 4.34. The Morgan fingerprint density at radius 1 is 1.29 bits per heavy atom. The maximum Gasteiger partial charge on any atom is 0.0451 e. The molecule has 0 radical (unpaired) electrons. The molecule has 1 nitrogen and oxygen atoms in total. The van der Waals surface area contributed by atoms with E-state index >= 15 is 0 Å². The second kappa shape index (κ2) is 6.77. The van der Waals surface area contributed by atoms with Gasteiger partial charge in [-0.2, -0.15) is 0 Å². The number of rotatable bonds is 5. The van der Waals surface area contributed by atoms with E-state index in [1.165, 1.54) is 37.7 Å². The van der Waals surface area contributed by atoms with Crippen molar-refractivity contribution in [2.75, 3.05) is 6.54 Å². The third-order valence-electron chi connectivity index (χ3n) is 3.53. The van der Waals surface area contributed by atoms with E-state index in [0.717, 1.165) is 28.5 Å². The van der Waals surface area contributed by atoms with E-state index in [-0.39, 0.29) is 0 Å². The van der Waals surface area contributed by atoms with Gasteiger partial charge >= 0.3 is 0 Å². The van der Waals surface area contributed by atoms with E-state index in [0.29, 0.717) is 0 Å². The Bertz CT molecular complexity index is 361. The maximum absolute atomic E-state index is 6.14. The van der Waals surface area contributed by atoms with E-state index in [4.69, 9.17) is 11.6 Å². The smallest absolute Gasteiger partial charge is 0.0451 e. The first-order valence-electron chi connectivity index (χ1n) is 6.40. The fourth-order valence-corrected chi connectivity index (χ4v) is 3.10. The summed E-state index contributed by atoms with van der Waals surface area (Å²) in [6.07, 6.45) is 7.04. The van der Waals surface area contributed by atoms with Crippen molar-refractivity contribution in [2.45, 2.75) is 38.6 Å². The second-order valence-corrected chi connectivity index (χ2v) is 6.17. The summed E-state index contributed by atoms with van der Waals surface area (Å²) < 4.78 is 1.09. The van der Waals surface area contributed by atoms with Gasteiger partial charge in [0.05, 0.1) is 0 Å². The quantitative estimate of drug-likeness (QED) is 0.771. The van der Waals surface area contributed by atoms with Crippen molar-refractivity contribution in [3.63, 3.8) is 0 Å². The minimum atomic E-state index is 0.849. The molecular weight excluding hydrogens is 298 g/mol. The molecule has 0 heterocycles. The predicted octanol–water partition coefficient (Wildman–Crippen LogP) is 4.77. The van der Waals surface area contributed by atoms with Crippen LogP contribution in [0, 0.1) is 5.92 Å². The molecule has 94 valence electrons. The number of halogens is 2. The molecule has 0 unspecified atom stereocenters. The molecule has 1 aromatic rings. The molecule has 1 N–H and O–H groups in total. The van der Waals surface area contributed by atoms with Gasteiger partial charge in [-0.1, -0.05) is 53.2 Å². The molecule has 0 amide bonds. The molecule has 3 heteroatoms. The fourth-order valence-electron chi connectivity index (χ4n) is 2.51. The lowest BCUT2D eigenvalue weighted by Gasteiger charge is -2.10. The van der Waals surface area contributed by atoms with Crippen LogP contribution in [0.1, 0.15) is 37.7 Å². The summed E-state index contributed by atoms with van der Waals surface area (Å²) >= 11 is 9.61. The standard InChI is InChI=1S/C14H19BrClN/c15-13-5-6-14(16)12(9-13)10-17-8-7-11-3-1-2-4-11/h5-6,9,11,17H,1-4,7-8,10H2. The van der Waals surface area contributed by atoms with Crippen molar-refractivity contribution in [2.24, 2.45) is 5.92 Å². The van der Waals surface area contributed by atoms with E-state index in [2.05, 4.69) is 27.3 Å². The summed E-state index contributed by atoms with van der Waals surface area (Å²) in [4.78, 5) is 0. The highest BCUT2D eigenvalue weighted by molar-refractivity contribution is 9.10. The lowest BCUT2D eigenvalue weighted by Crippen LogP contribution is -2.17. The molecule has 1 aliphatic rings. The normalized spacial score (nSPS) is 16.6. The molecule has 0 aliphatic heterocycles. The maximum atomic E-state index is 6.14. The van der Waals surface area contributed by atoms with Gasteiger partial charge in [0.15, 0.2) is 0 Å². The first-order valence-corrected chi connectivity index (χ1v) is 7.57. The SMILES string of the molecule is Clc1ccc(Br)cc1CNCCC1CCCC1. The van der Waals surface area contributed by atoms with Crippen molar-refractivity contribution < 1.29 is 0 Å². The number of nitrogens with one attached hydrogen (secondary N) is 1. The third-order valence-corrected chi connectivity index (χ3v) is 4.39. The van der Waals surface area contributed by atoms with Gasteiger partial charge in [-0.05, 0) is 42.6 Å².